The molecule has 0 N–H and O–H groups in total. The Labute approximate surface area is 105 Å². The molecule has 18 heavy (non-hydrogen) atoms. The summed E-state index contributed by atoms with van der Waals surface area (Å²) in [5.74, 6) is -0.205. The van der Waals surface area contributed by atoms with Crippen molar-refractivity contribution in [1.29, 1.82) is 0 Å². The maximum Gasteiger partial charge on any atom is 0.278 e. The third kappa shape index (κ3) is 1.84. The molecule has 0 aliphatic rings. The minimum Gasteiger partial charge on any atom is -0.274 e. The van der Waals surface area contributed by atoms with Gasteiger partial charge in [0, 0.05) is 19.8 Å². The number of carbonyl (C=O) groups is 1. The van der Waals surface area contributed by atoms with E-state index in [-0.39, 0.29) is 5.91 Å². The largest absolute Gasteiger partial charge is 0.278 e. The van der Waals surface area contributed by atoms with Crippen molar-refractivity contribution in [3.8, 4) is 0 Å². The first-order chi connectivity index (χ1) is 8.45. The lowest BCUT2D eigenvalue weighted by molar-refractivity contribution is -0.0755. The van der Waals surface area contributed by atoms with Gasteiger partial charge in [0.1, 0.15) is 0 Å². The molecule has 96 valence electrons. The Kier molecular flexibility index (Phi) is 3.04. The van der Waals surface area contributed by atoms with Crippen molar-refractivity contribution in [3.63, 3.8) is 0 Å². The van der Waals surface area contributed by atoms with Crippen LogP contribution in [0.4, 0.5) is 0 Å². The standard InChI is InChI=1S/C12H16N4O2/c1-7-6-9(12(17)16(4)18-5)10-8(2)14-15(3)11(10)13-7/h6H,1-5H3. The van der Waals surface area contributed by atoms with Crippen LogP contribution in [-0.4, -0.2) is 39.9 Å². The number of hydroxylamine groups is 2. The fourth-order valence-corrected chi connectivity index (χ4v) is 1.99. The molecule has 6 nitrogen and oxygen atoms in total. The number of aryl methyl sites for hydroxylation is 3. The van der Waals surface area contributed by atoms with Gasteiger partial charge in [0.15, 0.2) is 5.65 Å². The Morgan fingerprint density at radius 1 is 1.44 bits per heavy atom. The van der Waals surface area contributed by atoms with E-state index in [1.807, 2.05) is 20.9 Å². The summed E-state index contributed by atoms with van der Waals surface area (Å²) in [6.07, 6.45) is 0. The highest BCUT2D eigenvalue weighted by molar-refractivity contribution is 6.06. The molecule has 0 unspecified atom stereocenters. The van der Waals surface area contributed by atoms with Gasteiger partial charge in [0.2, 0.25) is 0 Å². The Bertz CT molecular complexity index is 618. The molecular formula is C12H16N4O2. The molecule has 0 saturated heterocycles. The average molecular weight is 248 g/mol. The summed E-state index contributed by atoms with van der Waals surface area (Å²) in [5, 5.41) is 6.27. The number of amides is 1. The van der Waals surface area contributed by atoms with Crippen LogP contribution in [0.3, 0.4) is 0 Å². The fraction of sp³-hybridized carbons (Fsp3) is 0.417. The topological polar surface area (TPSA) is 60.2 Å². The summed E-state index contributed by atoms with van der Waals surface area (Å²) < 4.78 is 1.68. The van der Waals surface area contributed by atoms with E-state index < -0.39 is 0 Å². The van der Waals surface area contributed by atoms with E-state index in [4.69, 9.17) is 4.84 Å². The number of hydrogen-bond acceptors (Lipinski definition) is 4. The lowest BCUT2D eigenvalue weighted by Crippen LogP contribution is -2.25. The normalized spacial score (nSPS) is 10.9. The van der Waals surface area contributed by atoms with Gasteiger partial charge in [-0.3, -0.25) is 14.3 Å². The Balaban J connectivity index is 2.73. The molecule has 6 heteroatoms. The number of fused-ring (bicyclic) bond motifs is 1. The number of aromatic nitrogens is 3. The number of nitrogens with zero attached hydrogens (tertiary/aromatic N) is 4. The quantitative estimate of drug-likeness (QED) is 0.750. The predicted molar refractivity (Wildman–Crippen MR) is 67.1 cm³/mol. The van der Waals surface area contributed by atoms with Crippen LogP contribution in [0.25, 0.3) is 11.0 Å². The molecule has 0 aromatic carbocycles. The molecule has 2 aromatic heterocycles. The molecule has 0 bridgehead atoms. The fourth-order valence-electron chi connectivity index (χ4n) is 1.99. The lowest BCUT2D eigenvalue weighted by atomic mass is 10.1. The van der Waals surface area contributed by atoms with Crippen molar-refractivity contribution in [2.24, 2.45) is 7.05 Å². The molecule has 2 heterocycles. The van der Waals surface area contributed by atoms with Crippen molar-refractivity contribution >= 4 is 16.9 Å². The first-order valence-electron chi connectivity index (χ1n) is 5.58. The van der Waals surface area contributed by atoms with E-state index in [1.54, 1.807) is 17.8 Å². The van der Waals surface area contributed by atoms with Crippen LogP contribution in [0, 0.1) is 13.8 Å². The molecule has 0 radical (unpaired) electrons. The van der Waals surface area contributed by atoms with Gasteiger partial charge in [-0.2, -0.15) is 5.10 Å². The van der Waals surface area contributed by atoms with E-state index in [0.717, 1.165) is 16.8 Å². The van der Waals surface area contributed by atoms with Crippen LogP contribution in [0.2, 0.25) is 0 Å². The minimum atomic E-state index is -0.205. The lowest BCUT2D eigenvalue weighted by Gasteiger charge is -2.14. The van der Waals surface area contributed by atoms with Gasteiger partial charge >= 0.3 is 0 Å². The monoisotopic (exact) mass is 248 g/mol. The van der Waals surface area contributed by atoms with E-state index in [2.05, 4.69) is 10.1 Å². The maximum atomic E-state index is 12.2. The molecule has 0 aliphatic carbocycles. The Hall–Kier alpha value is -1.95. The third-order valence-corrected chi connectivity index (χ3v) is 2.89. The van der Waals surface area contributed by atoms with Crippen LogP contribution in [0.1, 0.15) is 21.7 Å². The number of pyridine rings is 1. The maximum absolute atomic E-state index is 12.2. The molecule has 0 fully saturated rings. The zero-order chi connectivity index (χ0) is 13.4. The smallest absolute Gasteiger partial charge is 0.274 e. The zero-order valence-corrected chi connectivity index (χ0v) is 11.2. The highest BCUT2D eigenvalue weighted by atomic mass is 16.7. The minimum absolute atomic E-state index is 0.205. The number of rotatable bonds is 2. The predicted octanol–water partition coefficient (Wildman–Crippen LogP) is 1.22. The molecule has 2 aromatic rings. The van der Waals surface area contributed by atoms with Gasteiger partial charge in [-0.05, 0) is 19.9 Å². The summed E-state index contributed by atoms with van der Waals surface area (Å²) in [7, 11) is 4.85. The van der Waals surface area contributed by atoms with E-state index in [1.165, 1.54) is 12.2 Å². The molecule has 0 atom stereocenters. The molecule has 1 amide bonds. The van der Waals surface area contributed by atoms with Gasteiger partial charge in [0.25, 0.3) is 5.91 Å². The second kappa shape index (κ2) is 4.38. The molecule has 2 rings (SSSR count). The van der Waals surface area contributed by atoms with Crippen LogP contribution < -0.4 is 0 Å². The highest BCUT2D eigenvalue weighted by Gasteiger charge is 2.20. The van der Waals surface area contributed by atoms with Crippen molar-refractivity contribution in [2.75, 3.05) is 14.2 Å². The molecule has 0 saturated carbocycles. The average Bonchev–Trinajstić information content (AvgIpc) is 2.62. The summed E-state index contributed by atoms with van der Waals surface area (Å²) in [4.78, 5) is 21.6. The van der Waals surface area contributed by atoms with Crippen LogP contribution in [0.5, 0.6) is 0 Å². The van der Waals surface area contributed by atoms with Crippen LogP contribution >= 0.6 is 0 Å². The highest BCUT2D eigenvalue weighted by Crippen LogP contribution is 2.22. The summed E-state index contributed by atoms with van der Waals surface area (Å²) in [6, 6.07) is 1.76. The SMILES string of the molecule is CON(C)C(=O)c1cc(C)nc2c1c(C)nn2C. The van der Waals surface area contributed by atoms with Crippen molar-refractivity contribution in [2.45, 2.75) is 13.8 Å². The van der Waals surface area contributed by atoms with E-state index >= 15 is 0 Å². The molecule has 0 aliphatic heterocycles. The second-order valence-corrected chi connectivity index (χ2v) is 4.20. The van der Waals surface area contributed by atoms with Crippen LogP contribution in [0.15, 0.2) is 6.07 Å². The second-order valence-electron chi connectivity index (χ2n) is 4.20. The number of carbonyl (C=O) groups excluding carboxylic acids is 1. The first-order valence-corrected chi connectivity index (χ1v) is 5.58. The first kappa shape index (κ1) is 12.5. The van der Waals surface area contributed by atoms with Crippen LogP contribution in [-0.2, 0) is 11.9 Å². The molecule has 0 spiro atoms. The van der Waals surface area contributed by atoms with Gasteiger partial charge in [0.05, 0.1) is 23.8 Å². The summed E-state index contributed by atoms with van der Waals surface area (Å²) in [5.41, 5.74) is 2.83. The summed E-state index contributed by atoms with van der Waals surface area (Å²) in [6.45, 7) is 3.72. The van der Waals surface area contributed by atoms with Crippen molar-refractivity contribution < 1.29 is 9.63 Å². The summed E-state index contributed by atoms with van der Waals surface area (Å²) >= 11 is 0. The van der Waals surface area contributed by atoms with Gasteiger partial charge in [-0.1, -0.05) is 0 Å². The van der Waals surface area contributed by atoms with Gasteiger partial charge < -0.3 is 0 Å². The molecular weight excluding hydrogens is 232 g/mol. The Morgan fingerprint density at radius 3 is 2.72 bits per heavy atom. The van der Waals surface area contributed by atoms with Gasteiger partial charge in [-0.15, -0.1) is 0 Å². The zero-order valence-electron chi connectivity index (χ0n) is 11.2. The van der Waals surface area contributed by atoms with E-state index in [9.17, 15) is 4.79 Å². The Morgan fingerprint density at radius 2 is 2.11 bits per heavy atom. The van der Waals surface area contributed by atoms with Gasteiger partial charge in [-0.25, -0.2) is 10.0 Å². The third-order valence-electron chi connectivity index (χ3n) is 2.89. The number of hydrogen-bond donors (Lipinski definition) is 0. The van der Waals surface area contributed by atoms with Crippen molar-refractivity contribution in [3.05, 3.63) is 23.0 Å². The van der Waals surface area contributed by atoms with Crippen molar-refractivity contribution in [1.82, 2.24) is 19.8 Å². The van der Waals surface area contributed by atoms with E-state index in [0.29, 0.717) is 11.2 Å².